The smallest absolute Gasteiger partial charge is 0.224 e. The fourth-order valence-electron chi connectivity index (χ4n) is 3.20. The van der Waals surface area contributed by atoms with Crippen molar-refractivity contribution in [3.05, 3.63) is 35.4 Å². The third-order valence-electron chi connectivity index (χ3n) is 4.29. The number of hydrogen-bond donors (Lipinski definition) is 1. The summed E-state index contributed by atoms with van der Waals surface area (Å²) in [6.45, 7) is 0. The van der Waals surface area contributed by atoms with Gasteiger partial charge in [-0.05, 0) is 36.8 Å². The van der Waals surface area contributed by atoms with E-state index >= 15 is 0 Å². The van der Waals surface area contributed by atoms with Crippen LogP contribution in [0.25, 0.3) is 0 Å². The molecule has 1 N–H and O–H groups in total. The molecule has 108 valence electrons. The number of fused-ring (bicyclic) bond motifs is 1. The average molecular weight is 293 g/mol. The number of nitrogens with one attached hydrogen (secondary N) is 1. The summed E-state index contributed by atoms with van der Waals surface area (Å²) in [5, 5.41) is 3.05. The van der Waals surface area contributed by atoms with Gasteiger partial charge in [-0.1, -0.05) is 24.3 Å². The molecule has 4 nitrogen and oxygen atoms in total. The van der Waals surface area contributed by atoms with Crippen LogP contribution >= 0.6 is 0 Å². The Morgan fingerprint density at radius 3 is 2.75 bits per heavy atom. The van der Waals surface area contributed by atoms with Gasteiger partial charge in [-0.2, -0.15) is 0 Å². The monoisotopic (exact) mass is 293 g/mol. The maximum atomic E-state index is 12.2. The molecule has 1 aliphatic heterocycles. The Hall–Kier alpha value is -1.36. The summed E-state index contributed by atoms with van der Waals surface area (Å²) in [5.74, 6) is -0.318. The first-order valence-electron chi connectivity index (χ1n) is 7.14. The quantitative estimate of drug-likeness (QED) is 0.901. The van der Waals surface area contributed by atoms with E-state index < -0.39 is 9.84 Å². The maximum Gasteiger partial charge on any atom is 0.224 e. The van der Waals surface area contributed by atoms with Gasteiger partial charge in [0.05, 0.1) is 23.5 Å². The molecule has 3 rings (SSSR count). The molecule has 1 amide bonds. The Morgan fingerprint density at radius 1 is 1.20 bits per heavy atom. The summed E-state index contributed by atoms with van der Waals surface area (Å²) in [7, 11) is -3.00. The second-order valence-electron chi connectivity index (χ2n) is 5.75. The van der Waals surface area contributed by atoms with Crippen LogP contribution in [0, 0.1) is 5.92 Å². The number of carbonyl (C=O) groups excluding carboxylic acids is 1. The first-order valence-corrected chi connectivity index (χ1v) is 8.96. The summed E-state index contributed by atoms with van der Waals surface area (Å²) >= 11 is 0. The normalized spacial score (nSPS) is 27.8. The van der Waals surface area contributed by atoms with Crippen LogP contribution in [-0.4, -0.2) is 25.8 Å². The van der Waals surface area contributed by atoms with Crippen molar-refractivity contribution < 1.29 is 13.2 Å². The Bertz CT molecular complexity index is 624. The van der Waals surface area contributed by atoms with Crippen LogP contribution in [0.5, 0.6) is 0 Å². The van der Waals surface area contributed by atoms with E-state index in [0.717, 1.165) is 19.3 Å². The second-order valence-corrected chi connectivity index (χ2v) is 7.98. The van der Waals surface area contributed by atoms with Crippen molar-refractivity contribution >= 4 is 15.7 Å². The molecule has 0 spiro atoms. The third kappa shape index (κ3) is 2.73. The minimum Gasteiger partial charge on any atom is -0.349 e. The summed E-state index contributed by atoms with van der Waals surface area (Å²) < 4.78 is 22.9. The Balaban J connectivity index is 1.72. The lowest BCUT2D eigenvalue weighted by atomic mass is 9.87. The molecule has 20 heavy (non-hydrogen) atoms. The van der Waals surface area contributed by atoms with Crippen molar-refractivity contribution in [1.82, 2.24) is 5.32 Å². The van der Waals surface area contributed by atoms with E-state index in [-0.39, 0.29) is 29.4 Å². The van der Waals surface area contributed by atoms with Gasteiger partial charge in [0.2, 0.25) is 5.91 Å². The zero-order chi connectivity index (χ0) is 14.2. The van der Waals surface area contributed by atoms with E-state index in [0.29, 0.717) is 6.42 Å². The Morgan fingerprint density at radius 2 is 2.00 bits per heavy atom. The number of hydrogen-bond acceptors (Lipinski definition) is 3. The van der Waals surface area contributed by atoms with Gasteiger partial charge in [0, 0.05) is 0 Å². The van der Waals surface area contributed by atoms with Gasteiger partial charge in [0.15, 0.2) is 9.84 Å². The van der Waals surface area contributed by atoms with Gasteiger partial charge < -0.3 is 5.32 Å². The van der Waals surface area contributed by atoms with Crippen LogP contribution in [0.4, 0.5) is 0 Å². The van der Waals surface area contributed by atoms with Gasteiger partial charge in [-0.15, -0.1) is 0 Å². The molecule has 1 fully saturated rings. The molecular formula is C15H19NO3S. The van der Waals surface area contributed by atoms with Crippen LogP contribution in [0.1, 0.15) is 36.4 Å². The Labute approximate surface area is 119 Å². The number of rotatable bonds is 2. The molecule has 5 heteroatoms. The van der Waals surface area contributed by atoms with Crippen molar-refractivity contribution in [1.29, 1.82) is 0 Å². The molecule has 1 aliphatic carbocycles. The van der Waals surface area contributed by atoms with E-state index in [1.54, 1.807) is 0 Å². The highest BCUT2D eigenvalue weighted by Gasteiger charge is 2.34. The van der Waals surface area contributed by atoms with Gasteiger partial charge in [-0.25, -0.2) is 8.42 Å². The van der Waals surface area contributed by atoms with E-state index in [1.807, 2.05) is 12.1 Å². The van der Waals surface area contributed by atoms with Crippen LogP contribution in [-0.2, 0) is 21.1 Å². The average Bonchev–Trinajstić information content (AvgIpc) is 2.80. The molecule has 1 aromatic rings. The van der Waals surface area contributed by atoms with Crippen LogP contribution in [0.2, 0.25) is 0 Å². The predicted octanol–water partition coefficient (Wildman–Crippen LogP) is 1.61. The summed E-state index contributed by atoms with van der Waals surface area (Å²) in [6, 6.07) is 8.21. The van der Waals surface area contributed by atoms with Crippen LogP contribution in [0.3, 0.4) is 0 Å². The fourth-order valence-corrected chi connectivity index (χ4v) is 4.94. The zero-order valence-electron chi connectivity index (χ0n) is 11.3. The second kappa shape index (κ2) is 5.20. The SMILES string of the molecule is O=C(N[C@@H]1CCCc2ccccc21)[C@H]1CCS(=O)(=O)C1. The zero-order valence-corrected chi connectivity index (χ0v) is 12.2. The van der Waals surface area contributed by atoms with Crippen molar-refractivity contribution in [3.8, 4) is 0 Å². The number of benzene rings is 1. The van der Waals surface area contributed by atoms with Crippen molar-refractivity contribution in [3.63, 3.8) is 0 Å². The summed E-state index contributed by atoms with van der Waals surface area (Å²) in [5.41, 5.74) is 2.48. The molecule has 0 unspecified atom stereocenters. The van der Waals surface area contributed by atoms with Crippen molar-refractivity contribution in [2.75, 3.05) is 11.5 Å². The van der Waals surface area contributed by atoms with E-state index in [9.17, 15) is 13.2 Å². The van der Waals surface area contributed by atoms with E-state index in [1.165, 1.54) is 11.1 Å². The summed E-state index contributed by atoms with van der Waals surface area (Å²) in [6.07, 6.45) is 3.51. The molecule has 2 atom stereocenters. The van der Waals surface area contributed by atoms with Crippen molar-refractivity contribution in [2.45, 2.75) is 31.7 Å². The molecule has 0 radical (unpaired) electrons. The molecule has 1 saturated heterocycles. The lowest BCUT2D eigenvalue weighted by Gasteiger charge is -2.27. The first-order chi connectivity index (χ1) is 9.55. The van der Waals surface area contributed by atoms with Crippen LogP contribution < -0.4 is 5.32 Å². The predicted molar refractivity (Wildman–Crippen MR) is 77.0 cm³/mol. The van der Waals surface area contributed by atoms with Gasteiger partial charge in [-0.3, -0.25) is 4.79 Å². The highest BCUT2D eigenvalue weighted by molar-refractivity contribution is 7.91. The van der Waals surface area contributed by atoms with Crippen molar-refractivity contribution in [2.24, 2.45) is 5.92 Å². The van der Waals surface area contributed by atoms with E-state index in [2.05, 4.69) is 17.4 Å². The highest BCUT2D eigenvalue weighted by Crippen LogP contribution is 2.30. The Kier molecular flexibility index (Phi) is 3.54. The molecule has 0 saturated carbocycles. The largest absolute Gasteiger partial charge is 0.349 e. The molecule has 0 bridgehead atoms. The minimum absolute atomic E-state index is 0.00714. The van der Waals surface area contributed by atoms with E-state index in [4.69, 9.17) is 0 Å². The topological polar surface area (TPSA) is 63.2 Å². The number of aryl methyl sites for hydroxylation is 1. The molecule has 0 aromatic heterocycles. The fraction of sp³-hybridized carbons (Fsp3) is 0.533. The first kappa shape index (κ1) is 13.6. The maximum absolute atomic E-state index is 12.2. The van der Waals surface area contributed by atoms with Gasteiger partial charge in [0.25, 0.3) is 0 Å². The molecule has 1 aromatic carbocycles. The highest BCUT2D eigenvalue weighted by atomic mass is 32.2. The lowest BCUT2D eigenvalue weighted by Crippen LogP contribution is -2.36. The number of carbonyl (C=O) groups is 1. The minimum atomic E-state index is -3.00. The third-order valence-corrected chi connectivity index (χ3v) is 6.06. The molecule has 2 aliphatic rings. The van der Waals surface area contributed by atoms with Gasteiger partial charge in [0.1, 0.15) is 0 Å². The van der Waals surface area contributed by atoms with Gasteiger partial charge >= 0.3 is 0 Å². The molecular weight excluding hydrogens is 274 g/mol. The summed E-state index contributed by atoms with van der Waals surface area (Å²) in [4.78, 5) is 12.2. The lowest BCUT2D eigenvalue weighted by molar-refractivity contribution is -0.125. The number of amides is 1. The number of sulfone groups is 1. The molecule has 1 heterocycles. The standard InChI is InChI=1S/C15H19NO3S/c17-15(12-8-9-20(18,19)10-12)16-14-7-3-5-11-4-1-2-6-13(11)14/h1-2,4,6,12,14H,3,5,7-10H2,(H,16,17)/t12-,14+/m0/s1. The van der Waals surface area contributed by atoms with Crippen LogP contribution in [0.15, 0.2) is 24.3 Å².